The molecule has 0 amide bonds. The molecule has 140 valence electrons. The van der Waals surface area contributed by atoms with Crippen LogP contribution in [0.3, 0.4) is 0 Å². The summed E-state index contributed by atoms with van der Waals surface area (Å²) in [5.41, 5.74) is 8.37. The molecule has 0 bridgehead atoms. The van der Waals surface area contributed by atoms with Crippen molar-refractivity contribution in [3.05, 3.63) is 72.0 Å². The number of aromatic nitrogens is 3. The van der Waals surface area contributed by atoms with Crippen LogP contribution in [-0.2, 0) is 12.7 Å². The molecule has 3 rings (SSSR count). The van der Waals surface area contributed by atoms with Crippen LogP contribution in [0.1, 0.15) is 17.0 Å². The lowest BCUT2D eigenvalue weighted by Gasteiger charge is -2.15. The highest BCUT2D eigenvalue weighted by Crippen LogP contribution is 2.29. The molecule has 0 fully saturated rings. The quantitative estimate of drug-likeness (QED) is 0.521. The number of hydrazine groups is 1. The van der Waals surface area contributed by atoms with Crippen LogP contribution >= 0.6 is 0 Å². The van der Waals surface area contributed by atoms with Gasteiger partial charge in [-0.05, 0) is 17.7 Å². The summed E-state index contributed by atoms with van der Waals surface area (Å²) in [6.45, 7) is 0.335. The number of pyridine rings is 1. The summed E-state index contributed by atoms with van der Waals surface area (Å²) in [6.07, 6.45) is 0.153. The Labute approximate surface area is 152 Å². The number of benzene rings is 1. The van der Waals surface area contributed by atoms with Crippen LogP contribution in [0.5, 0.6) is 0 Å². The van der Waals surface area contributed by atoms with Gasteiger partial charge in [0, 0.05) is 29.7 Å². The monoisotopic (exact) mass is 376 g/mol. The average molecular weight is 376 g/mol. The molecule has 0 aliphatic heterocycles. The minimum atomic E-state index is -4.67. The molecule has 1 aromatic carbocycles. The van der Waals surface area contributed by atoms with Crippen molar-refractivity contribution in [2.75, 3.05) is 0 Å². The van der Waals surface area contributed by atoms with Gasteiger partial charge >= 0.3 is 12.1 Å². The first-order valence-electron chi connectivity index (χ1n) is 7.72. The molecular weight excluding hydrogens is 361 g/mol. The Hall–Kier alpha value is -3.40. The lowest BCUT2D eigenvalue weighted by Crippen LogP contribution is -2.25. The van der Waals surface area contributed by atoms with Crippen LogP contribution in [0.4, 0.5) is 13.2 Å². The molecule has 27 heavy (non-hydrogen) atoms. The van der Waals surface area contributed by atoms with Gasteiger partial charge in [0.05, 0.1) is 12.2 Å². The maximum atomic E-state index is 12.5. The van der Waals surface area contributed by atoms with Crippen molar-refractivity contribution >= 4 is 5.70 Å². The largest absolute Gasteiger partial charge is 0.471 e. The second-order valence-corrected chi connectivity index (χ2v) is 5.62. The molecule has 2 aromatic heterocycles. The first-order chi connectivity index (χ1) is 12.8. The second kappa shape index (κ2) is 7.46. The molecule has 0 radical (unpaired) electrons. The molecule has 7 nitrogen and oxygen atoms in total. The fourth-order valence-corrected chi connectivity index (χ4v) is 2.26. The van der Waals surface area contributed by atoms with E-state index >= 15 is 0 Å². The summed E-state index contributed by atoms with van der Waals surface area (Å²) in [6, 6.07) is 10.1. The molecule has 0 saturated carbocycles. The summed E-state index contributed by atoms with van der Waals surface area (Å²) in [4.78, 5) is 7.33. The molecule has 2 heterocycles. The zero-order valence-corrected chi connectivity index (χ0v) is 13.9. The normalized spacial score (nSPS) is 12.2. The van der Waals surface area contributed by atoms with Crippen molar-refractivity contribution in [3.8, 4) is 11.4 Å². The molecule has 0 saturated heterocycles. The van der Waals surface area contributed by atoms with Crippen LogP contribution < -0.4 is 11.6 Å². The molecule has 0 aliphatic rings. The lowest BCUT2D eigenvalue weighted by molar-refractivity contribution is -0.159. The molecule has 0 spiro atoms. The first kappa shape index (κ1) is 18.4. The van der Waals surface area contributed by atoms with E-state index in [9.17, 15) is 13.2 Å². The molecule has 0 aliphatic carbocycles. The summed E-state index contributed by atoms with van der Waals surface area (Å²) >= 11 is 0. The predicted octanol–water partition coefficient (Wildman–Crippen LogP) is 2.78. The van der Waals surface area contributed by atoms with E-state index in [4.69, 9.17) is 11.6 Å². The third-order valence-electron chi connectivity index (χ3n) is 3.55. The zero-order valence-electron chi connectivity index (χ0n) is 13.9. The van der Waals surface area contributed by atoms with Gasteiger partial charge in [0.2, 0.25) is 5.82 Å². The number of hydrogen-bond donors (Lipinski definition) is 2. The van der Waals surface area contributed by atoms with Crippen molar-refractivity contribution in [2.45, 2.75) is 12.7 Å². The van der Waals surface area contributed by atoms with Crippen molar-refractivity contribution < 1.29 is 17.7 Å². The summed E-state index contributed by atoms with van der Waals surface area (Å²) in [7, 11) is 0. The van der Waals surface area contributed by atoms with E-state index in [1.54, 1.807) is 48.9 Å². The third-order valence-corrected chi connectivity index (χ3v) is 3.55. The van der Waals surface area contributed by atoms with Gasteiger partial charge in [0.1, 0.15) is 0 Å². The fourth-order valence-electron chi connectivity index (χ4n) is 2.26. The predicted molar refractivity (Wildman–Crippen MR) is 90.9 cm³/mol. The number of rotatable bonds is 5. The highest BCUT2D eigenvalue weighted by atomic mass is 19.4. The number of alkyl halides is 3. The summed E-state index contributed by atoms with van der Waals surface area (Å²) in [5, 5.41) is 4.74. The van der Waals surface area contributed by atoms with E-state index in [2.05, 4.69) is 19.6 Å². The summed E-state index contributed by atoms with van der Waals surface area (Å²) in [5.74, 6) is 4.41. The van der Waals surface area contributed by atoms with Crippen LogP contribution in [-0.4, -0.2) is 20.1 Å². The van der Waals surface area contributed by atoms with Gasteiger partial charge in [0.25, 0.3) is 0 Å². The van der Waals surface area contributed by atoms with E-state index in [0.717, 1.165) is 11.1 Å². The molecule has 3 aromatic rings. The average Bonchev–Trinajstić information content (AvgIpc) is 3.13. The Morgan fingerprint density at radius 2 is 1.93 bits per heavy atom. The van der Waals surface area contributed by atoms with Crippen LogP contribution in [0, 0.1) is 0 Å². The van der Waals surface area contributed by atoms with Gasteiger partial charge in [-0.3, -0.25) is 4.98 Å². The molecular formula is C17H15F3N6O. The fraction of sp³-hybridized carbons (Fsp3) is 0.118. The number of halogens is 3. The van der Waals surface area contributed by atoms with E-state index in [0.29, 0.717) is 17.8 Å². The maximum Gasteiger partial charge on any atom is 0.471 e. The van der Waals surface area contributed by atoms with Gasteiger partial charge < -0.3 is 15.3 Å². The lowest BCUT2D eigenvalue weighted by atomic mass is 10.1. The minimum Gasteiger partial charge on any atom is -0.397 e. The number of hydrogen-bond acceptors (Lipinski definition) is 7. The van der Waals surface area contributed by atoms with Crippen molar-refractivity contribution in [1.29, 1.82) is 0 Å². The van der Waals surface area contributed by atoms with Gasteiger partial charge in [-0.2, -0.15) is 18.2 Å². The molecule has 0 atom stereocenters. The highest BCUT2D eigenvalue weighted by molar-refractivity contribution is 5.61. The van der Waals surface area contributed by atoms with Gasteiger partial charge in [-0.25, -0.2) is 5.84 Å². The minimum absolute atomic E-state index is 0.140. The van der Waals surface area contributed by atoms with Gasteiger partial charge in [0.15, 0.2) is 0 Å². The maximum absolute atomic E-state index is 12.5. The number of nitrogens with two attached hydrogens (primary N) is 2. The van der Waals surface area contributed by atoms with E-state index in [1.165, 1.54) is 5.01 Å². The van der Waals surface area contributed by atoms with Crippen molar-refractivity contribution in [2.24, 2.45) is 11.6 Å². The third kappa shape index (κ3) is 4.61. The zero-order chi connectivity index (χ0) is 19.4. The van der Waals surface area contributed by atoms with Crippen LogP contribution in [0.25, 0.3) is 17.1 Å². The van der Waals surface area contributed by atoms with Gasteiger partial charge in [-0.15, -0.1) is 0 Å². The Morgan fingerprint density at radius 1 is 1.19 bits per heavy atom. The molecule has 10 heteroatoms. The van der Waals surface area contributed by atoms with Crippen molar-refractivity contribution in [1.82, 2.24) is 20.1 Å². The number of nitrogens with zero attached hydrogens (tertiary/aromatic N) is 4. The highest BCUT2D eigenvalue weighted by Gasteiger charge is 2.38. The van der Waals surface area contributed by atoms with E-state index < -0.39 is 12.1 Å². The SMILES string of the molecule is N/C(=C\N(N)Cc1ccc(-c2noc(C(F)(F)F)n2)cc1)c1cccnc1. The van der Waals surface area contributed by atoms with Gasteiger partial charge in [-0.1, -0.05) is 29.4 Å². The van der Waals surface area contributed by atoms with Crippen molar-refractivity contribution in [3.63, 3.8) is 0 Å². The van der Waals surface area contributed by atoms with Crippen LogP contribution in [0.15, 0.2) is 59.5 Å². The Morgan fingerprint density at radius 3 is 2.52 bits per heavy atom. The smallest absolute Gasteiger partial charge is 0.397 e. The Kier molecular flexibility index (Phi) is 5.08. The second-order valence-electron chi connectivity index (χ2n) is 5.62. The van der Waals surface area contributed by atoms with E-state index in [1.807, 2.05) is 6.07 Å². The van der Waals surface area contributed by atoms with Crippen LogP contribution in [0.2, 0.25) is 0 Å². The Balaban J connectivity index is 1.68. The first-order valence-corrected chi connectivity index (χ1v) is 7.72. The Bertz CT molecular complexity index is 922. The summed E-state index contributed by atoms with van der Waals surface area (Å²) < 4.78 is 41.8. The topological polar surface area (TPSA) is 107 Å². The van der Waals surface area contributed by atoms with E-state index in [-0.39, 0.29) is 5.82 Å². The molecule has 0 unspecified atom stereocenters. The molecule has 4 N–H and O–H groups in total. The standard InChI is InChI=1S/C17H15F3N6O/c18-17(19,20)16-24-15(25-27-16)12-5-3-11(4-6-12)9-26(22)10-14(21)13-2-1-7-23-8-13/h1-8,10H,9,21-22H2/b14-10-.